The van der Waals surface area contributed by atoms with Gasteiger partial charge in [-0.25, -0.2) is 0 Å². The first-order valence-corrected chi connectivity index (χ1v) is 8.65. The van der Waals surface area contributed by atoms with E-state index in [4.69, 9.17) is 9.47 Å². The minimum absolute atomic E-state index is 0.236. The molecule has 0 aromatic rings. The summed E-state index contributed by atoms with van der Waals surface area (Å²) < 4.78 is 11.9. The van der Waals surface area contributed by atoms with Gasteiger partial charge in [-0.15, -0.1) is 0 Å². The molecule has 2 rings (SSSR count). The van der Waals surface area contributed by atoms with Crippen molar-refractivity contribution in [2.45, 2.75) is 83.0 Å². The Morgan fingerprint density at radius 1 is 1.30 bits per heavy atom. The van der Waals surface area contributed by atoms with Gasteiger partial charge in [0.05, 0.1) is 11.7 Å². The third-order valence-corrected chi connectivity index (χ3v) is 5.21. The molecule has 2 aliphatic rings. The van der Waals surface area contributed by atoms with E-state index in [2.05, 4.69) is 19.2 Å². The van der Waals surface area contributed by atoms with Crippen LogP contribution in [-0.4, -0.2) is 38.0 Å². The Hall–Kier alpha value is -0.120. The first-order chi connectivity index (χ1) is 9.74. The molecule has 3 atom stereocenters. The molecule has 2 fully saturated rings. The van der Waals surface area contributed by atoms with Crippen molar-refractivity contribution in [3.8, 4) is 0 Å². The van der Waals surface area contributed by atoms with Gasteiger partial charge in [-0.3, -0.25) is 0 Å². The maximum atomic E-state index is 6.09. The standard InChI is InChI=1S/C17H33NO2/c1-4-7-15(19-3)16(18-11-5-2)14-8-12-20-17(13-14)9-6-10-17/h14-16,18H,4-13H2,1-3H3. The molecular weight excluding hydrogens is 250 g/mol. The average Bonchev–Trinajstić information content (AvgIpc) is 2.45. The summed E-state index contributed by atoms with van der Waals surface area (Å²) in [4.78, 5) is 0. The van der Waals surface area contributed by atoms with E-state index in [0.717, 1.165) is 19.6 Å². The van der Waals surface area contributed by atoms with E-state index in [1.54, 1.807) is 0 Å². The number of hydrogen-bond acceptors (Lipinski definition) is 3. The normalized spacial score (nSPS) is 28.1. The van der Waals surface area contributed by atoms with Crippen LogP contribution in [0.1, 0.15) is 65.2 Å². The Labute approximate surface area is 124 Å². The first kappa shape index (κ1) is 16.3. The van der Waals surface area contributed by atoms with Crippen LogP contribution in [0.2, 0.25) is 0 Å². The highest BCUT2D eigenvalue weighted by molar-refractivity contribution is 4.98. The largest absolute Gasteiger partial charge is 0.380 e. The summed E-state index contributed by atoms with van der Waals surface area (Å²) >= 11 is 0. The maximum Gasteiger partial charge on any atom is 0.0726 e. The van der Waals surface area contributed by atoms with Crippen LogP contribution < -0.4 is 5.32 Å². The minimum Gasteiger partial charge on any atom is -0.380 e. The second-order valence-electron chi connectivity index (χ2n) is 6.68. The zero-order chi connectivity index (χ0) is 14.4. The van der Waals surface area contributed by atoms with E-state index in [0.29, 0.717) is 18.1 Å². The summed E-state index contributed by atoms with van der Waals surface area (Å²) in [6, 6.07) is 0.501. The van der Waals surface area contributed by atoms with E-state index < -0.39 is 0 Å². The predicted octanol–water partition coefficient (Wildman–Crippen LogP) is 3.52. The number of rotatable bonds is 8. The van der Waals surface area contributed by atoms with Crippen molar-refractivity contribution >= 4 is 0 Å². The lowest BCUT2D eigenvalue weighted by Crippen LogP contribution is -2.54. The molecular formula is C17H33NO2. The molecule has 3 nitrogen and oxygen atoms in total. The lowest BCUT2D eigenvalue weighted by atomic mass is 9.69. The highest BCUT2D eigenvalue weighted by Crippen LogP contribution is 2.45. The number of ether oxygens (including phenoxy) is 2. The minimum atomic E-state index is 0.236. The van der Waals surface area contributed by atoms with Crippen molar-refractivity contribution in [2.24, 2.45) is 5.92 Å². The van der Waals surface area contributed by atoms with Crippen molar-refractivity contribution in [3.05, 3.63) is 0 Å². The van der Waals surface area contributed by atoms with Gasteiger partial charge in [-0.2, -0.15) is 0 Å². The fourth-order valence-electron chi connectivity index (χ4n) is 3.93. The Bertz CT molecular complexity index is 278. The van der Waals surface area contributed by atoms with E-state index in [1.807, 2.05) is 7.11 Å². The van der Waals surface area contributed by atoms with Crippen LogP contribution in [0.4, 0.5) is 0 Å². The summed E-state index contributed by atoms with van der Waals surface area (Å²) in [6.07, 6.45) is 10.2. The van der Waals surface area contributed by atoms with Crippen LogP contribution in [0.3, 0.4) is 0 Å². The Morgan fingerprint density at radius 3 is 2.65 bits per heavy atom. The Balaban J connectivity index is 2.00. The van der Waals surface area contributed by atoms with Crippen molar-refractivity contribution in [2.75, 3.05) is 20.3 Å². The van der Waals surface area contributed by atoms with Crippen molar-refractivity contribution in [1.29, 1.82) is 0 Å². The topological polar surface area (TPSA) is 30.5 Å². The summed E-state index contributed by atoms with van der Waals surface area (Å²) in [5.41, 5.74) is 0.236. The third kappa shape index (κ3) is 3.75. The fraction of sp³-hybridized carbons (Fsp3) is 1.00. The molecule has 20 heavy (non-hydrogen) atoms. The summed E-state index contributed by atoms with van der Waals surface area (Å²) in [5.74, 6) is 0.715. The van der Waals surface area contributed by atoms with Gasteiger partial charge < -0.3 is 14.8 Å². The van der Waals surface area contributed by atoms with Crippen LogP contribution >= 0.6 is 0 Å². The van der Waals surface area contributed by atoms with Crippen molar-refractivity contribution in [1.82, 2.24) is 5.32 Å². The second kappa shape index (κ2) is 7.77. The van der Waals surface area contributed by atoms with Gasteiger partial charge in [-0.1, -0.05) is 20.3 Å². The maximum absolute atomic E-state index is 6.09. The predicted molar refractivity (Wildman–Crippen MR) is 83.0 cm³/mol. The van der Waals surface area contributed by atoms with E-state index in [-0.39, 0.29) is 5.60 Å². The summed E-state index contributed by atoms with van der Waals surface area (Å²) in [6.45, 7) is 6.53. The SMILES string of the molecule is CCCNC(C1CCOC2(CCC2)C1)C(CCC)OC. The van der Waals surface area contributed by atoms with Gasteiger partial charge in [0.25, 0.3) is 0 Å². The smallest absolute Gasteiger partial charge is 0.0726 e. The Kier molecular flexibility index (Phi) is 6.31. The highest BCUT2D eigenvalue weighted by atomic mass is 16.5. The third-order valence-electron chi connectivity index (χ3n) is 5.21. The molecule has 1 N–H and O–H groups in total. The lowest BCUT2D eigenvalue weighted by Gasteiger charge is -2.49. The molecule has 1 heterocycles. The fourth-order valence-corrected chi connectivity index (χ4v) is 3.93. The number of hydrogen-bond donors (Lipinski definition) is 1. The number of nitrogens with one attached hydrogen (secondary N) is 1. The molecule has 0 aromatic heterocycles. The molecule has 3 heteroatoms. The molecule has 0 bridgehead atoms. The highest BCUT2D eigenvalue weighted by Gasteiger charge is 2.45. The zero-order valence-corrected chi connectivity index (χ0v) is 13.6. The summed E-state index contributed by atoms with van der Waals surface area (Å²) in [7, 11) is 1.87. The van der Waals surface area contributed by atoms with Gasteiger partial charge in [0, 0.05) is 19.8 Å². The number of methoxy groups -OCH3 is 1. The molecule has 0 radical (unpaired) electrons. The molecule has 1 saturated heterocycles. The monoisotopic (exact) mass is 283 g/mol. The quantitative estimate of drug-likeness (QED) is 0.739. The van der Waals surface area contributed by atoms with Crippen LogP contribution in [0.15, 0.2) is 0 Å². The molecule has 118 valence electrons. The Morgan fingerprint density at radius 2 is 2.10 bits per heavy atom. The molecule has 1 spiro atoms. The van der Waals surface area contributed by atoms with Gasteiger partial charge in [0.15, 0.2) is 0 Å². The molecule has 1 aliphatic carbocycles. The van der Waals surface area contributed by atoms with Crippen LogP contribution in [0.25, 0.3) is 0 Å². The van der Waals surface area contributed by atoms with Gasteiger partial charge in [-0.05, 0) is 57.4 Å². The van der Waals surface area contributed by atoms with Gasteiger partial charge in [0.1, 0.15) is 0 Å². The first-order valence-electron chi connectivity index (χ1n) is 8.65. The van der Waals surface area contributed by atoms with E-state index >= 15 is 0 Å². The van der Waals surface area contributed by atoms with Gasteiger partial charge >= 0.3 is 0 Å². The van der Waals surface area contributed by atoms with Crippen LogP contribution in [0, 0.1) is 5.92 Å². The van der Waals surface area contributed by atoms with Gasteiger partial charge in [0.2, 0.25) is 0 Å². The molecule has 0 aromatic carbocycles. The van der Waals surface area contributed by atoms with E-state index in [9.17, 15) is 0 Å². The molecule has 1 saturated carbocycles. The molecule has 1 aliphatic heterocycles. The second-order valence-corrected chi connectivity index (χ2v) is 6.68. The average molecular weight is 283 g/mol. The molecule has 3 unspecified atom stereocenters. The van der Waals surface area contributed by atoms with Crippen molar-refractivity contribution in [3.63, 3.8) is 0 Å². The van der Waals surface area contributed by atoms with E-state index in [1.165, 1.54) is 44.9 Å². The lowest BCUT2D eigenvalue weighted by molar-refractivity contribution is -0.152. The summed E-state index contributed by atoms with van der Waals surface area (Å²) in [5, 5.41) is 3.78. The van der Waals surface area contributed by atoms with Crippen molar-refractivity contribution < 1.29 is 9.47 Å². The molecule has 0 amide bonds. The van der Waals surface area contributed by atoms with Crippen LogP contribution in [-0.2, 0) is 9.47 Å². The van der Waals surface area contributed by atoms with Crippen LogP contribution in [0.5, 0.6) is 0 Å². The zero-order valence-electron chi connectivity index (χ0n) is 13.6.